The van der Waals surface area contributed by atoms with Gasteiger partial charge >= 0.3 is 0 Å². The van der Waals surface area contributed by atoms with Crippen LogP contribution in [0.1, 0.15) is 5.69 Å². The molecular formula is C7H7ClNO. The van der Waals surface area contributed by atoms with Crippen molar-refractivity contribution in [1.82, 2.24) is 4.98 Å². The lowest BCUT2D eigenvalue weighted by atomic mass is 10.4. The number of ether oxygens (including phenoxy) is 1. The van der Waals surface area contributed by atoms with Crippen molar-refractivity contribution < 1.29 is 4.74 Å². The Balaban J connectivity index is 2.75. The predicted octanol–water partition coefficient (Wildman–Crippen LogP) is 1.68. The van der Waals surface area contributed by atoms with E-state index in [0.29, 0.717) is 11.6 Å². The van der Waals surface area contributed by atoms with Crippen LogP contribution in [-0.4, -0.2) is 12.1 Å². The number of hydrogen-bond acceptors (Lipinski definition) is 2. The predicted molar refractivity (Wildman–Crippen MR) is 38.8 cm³/mol. The van der Waals surface area contributed by atoms with E-state index in [-0.39, 0.29) is 0 Å². The summed E-state index contributed by atoms with van der Waals surface area (Å²) in [7, 11) is 1.61. The Morgan fingerprint density at radius 2 is 2.60 bits per heavy atom. The Morgan fingerprint density at radius 3 is 3.20 bits per heavy atom. The van der Waals surface area contributed by atoms with E-state index in [1.807, 2.05) is 0 Å². The van der Waals surface area contributed by atoms with E-state index in [4.69, 9.17) is 16.3 Å². The zero-order chi connectivity index (χ0) is 7.40. The molecule has 1 heterocycles. The first-order chi connectivity index (χ1) is 4.83. The number of nitrogens with zero attached hydrogens (tertiary/aromatic N) is 1. The van der Waals surface area contributed by atoms with Gasteiger partial charge in [0.1, 0.15) is 0 Å². The summed E-state index contributed by atoms with van der Waals surface area (Å²) in [6, 6.07) is 4.52. The molecule has 53 valence electrons. The number of hydrogen-bond donors (Lipinski definition) is 0. The van der Waals surface area contributed by atoms with Crippen molar-refractivity contribution >= 4 is 11.6 Å². The Morgan fingerprint density at radius 1 is 1.80 bits per heavy atom. The molecule has 0 amide bonds. The van der Waals surface area contributed by atoms with Crippen molar-refractivity contribution in [3.05, 3.63) is 29.0 Å². The fourth-order valence-corrected chi connectivity index (χ4v) is 0.780. The summed E-state index contributed by atoms with van der Waals surface area (Å²) < 4.78 is 4.83. The van der Waals surface area contributed by atoms with Crippen LogP contribution in [0.2, 0.25) is 5.02 Å². The third kappa shape index (κ3) is 1.97. The first-order valence-electron chi connectivity index (χ1n) is 2.84. The molecule has 0 spiro atoms. The second-order valence-corrected chi connectivity index (χ2v) is 2.20. The molecule has 0 aliphatic heterocycles. The van der Waals surface area contributed by atoms with Crippen LogP contribution in [0.4, 0.5) is 0 Å². The Bertz CT molecular complexity index is 215. The van der Waals surface area contributed by atoms with E-state index < -0.39 is 0 Å². The highest BCUT2D eigenvalue weighted by atomic mass is 35.5. The summed E-state index contributed by atoms with van der Waals surface area (Å²) in [5.41, 5.74) is 0.731. The fourth-order valence-electron chi connectivity index (χ4n) is 0.615. The van der Waals surface area contributed by atoms with Crippen LogP contribution in [0.3, 0.4) is 0 Å². The molecule has 0 saturated carbocycles. The molecule has 1 aromatic rings. The van der Waals surface area contributed by atoms with Gasteiger partial charge in [-0.05, 0) is 6.07 Å². The number of methoxy groups -OCH3 is 1. The number of pyridine rings is 1. The average Bonchev–Trinajstić information content (AvgIpc) is 1.88. The van der Waals surface area contributed by atoms with Gasteiger partial charge in [-0.25, -0.2) is 0 Å². The van der Waals surface area contributed by atoms with E-state index >= 15 is 0 Å². The SMILES string of the molecule is COCc1[c]c(Cl)ccn1. The Hall–Kier alpha value is -0.600. The van der Waals surface area contributed by atoms with Crippen molar-refractivity contribution in [2.45, 2.75) is 6.61 Å². The summed E-state index contributed by atoms with van der Waals surface area (Å²) in [5.74, 6) is 0. The lowest BCUT2D eigenvalue weighted by Gasteiger charge is -1.96. The van der Waals surface area contributed by atoms with Gasteiger partial charge in [-0.1, -0.05) is 11.6 Å². The molecule has 0 aromatic carbocycles. The molecule has 0 N–H and O–H groups in total. The van der Waals surface area contributed by atoms with E-state index in [0.717, 1.165) is 5.69 Å². The molecule has 10 heavy (non-hydrogen) atoms. The summed E-state index contributed by atoms with van der Waals surface area (Å²) in [4.78, 5) is 3.96. The van der Waals surface area contributed by atoms with Crippen LogP contribution in [0.25, 0.3) is 0 Å². The van der Waals surface area contributed by atoms with Gasteiger partial charge in [-0.3, -0.25) is 4.98 Å². The van der Waals surface area contributed by atoms with E-state index in [1.54, 1.807) is 19.4 Å². The first kappa shape index (κ1) is 7.51. The van der Waals surface area contributed by atoms with Crippen molar-refractivity contribution in [2.24, 2.45) is 0 Å². The highest BCUT2D eigenvalue weighted by Gasteiger charge is 1.93. The third-order valence-electron chi connectivity index (χ3n) is 0.996. The highest BCUT2D eigenvalue weighted by molar-refractivity contribution is 6.30. The molecule has 0 bridgehead atoms. The third-order valence-corrected chi connectivity index (χ3v) is 1.22. The zero-order valence-electron chi connectivity index (χ0n) is 5.60. The summed E-state index contributed by atoms with van der Waals surface area (Å²) in [5, 5.41) is 0.571. The molecule has 0 saturated heterocycles. The maximum Gasteiger partial charge on any atom is 0.0890 e. The quantitative estimate of drug-likeness (QED) is 0.650. The van der Waals surface area contributed by atoms with Crippen LogP contribution in [-0.2, 0) is 11.3 Å². The van der Waals surface area contributed by atoms with Gasteiger partial charge in [0.05, 0.1) is 17.3 Å². The van der Waals surface area contributed by atoms with Gasteiger partial charge in [-0.2, -0.15) is 0 Å². The molecule has 0 aliphatic rings. The van der Waals surface area contributed by atoms with E-state index in [9.17, 15) is 0 Å². The van der Waals surface area contributed by atoms with Crippen LogP contribution in [0.5, 0.6) is 0 Å². The molecule has 1 rings (SSSR count). The molecule has 1 aromatic heterocycles. The van der Waals surface area contributed by atoms with Gasteiger partial charge in [0.15, 0.2) is 0 Å². The molecule has 0 aliphatic carbocycles. The second kappa shape index (κ2) is 3.54. The zero-order valence-corrected chi connectivity index (χ0v) is 6.35. The number of halogens is 1. The minimum absolute atomic E-state index is 0.459. The average molecular weight is 157 g/mol. The number of aromatic nitrogens is 1. The molecule has 1 radical (unpaired) electrons. The molecule has 2 nitrogen and oxygen atoms in total. The maximum absolute atomic E-state index is 5.63. The Kier molecular flexibility index (Phi) is 2.66. The summed E-state index contributed by atoms with van der Waals surface area (Å²) in [6.07, 6.45) is 1.63. The molecule has 0 atom stereocenters. The molecule has 0 unspecified atom stereocenters. The van der Waals surface area contributed by atoms with E-state index in [2.05, 4.69) is 11.1 Å². The van der Waals surface area contributed by atoms with Gasteiger partial charge in [0, 0.05) is 19.4 Å². The van der Waals surface area contributed by atoms with Gasteiger partial charge in [-0.15, -0.1) is 0 Å². The van der Waals surface area contributed by atoms with Gasteiger partial charge < -0.3 is 4.74 Å². The van der Waals surface area contributed by atoms with Gasteiger partial charge in [0.2, 0.25) is 0 Å². The van der Waals surface area contributed by atoms with Crippen molar-refractivity contribution in [1.29, 1.82) is 0 Å². The maximum atomic E-state index is 5.63. The van der Waals surface area contributed by atoms with Crippen molar-refractivity contribution in [3.63, 3.8) is 0 Å². The lowest BCUT2D eigenvalue weighted by Crippen LogP contribution is -1.90. The van der Waals surface area contributed by atoms with Crippen LogP contribution < -0.4 is 0 Å². The van der Waals surface area contributed by atoms with Crippen molar-refractivity contribution in [3.8, 4) is 0 Å². The fraction of sp³-hybridized carbons (Fsp3) is 0.286. The highest BCUT2D eigenvalue weighted by Crippen LogP contribution is 2.06. The minimum Gasteiger partial charge on any atom is -0.378 e. The smallest absolute Gasteiger partial charge is 0.0890 e. The van der Waals surface area contributed by atoms with E-state index in [1.165, 1.54) is 0 Å². The van der Waals surface area contributed by atoms with Crippen LogP contribution >= 0.6 is 11.6 Å². The van der Waals surface area contributed by atoms with Crippen LogP contribution in [0.15, 0.2) is 12.3 Å². The van der Waals surface area contributed by atoms with Crippen molar-refractivity contribution in [2.75, 3.05) is 7.11 Å². The summed E-state index contributed by atoms with van der Waals surface area (Å²) >= 11 is 5.63. The molecular weight excluding hydrogens is 150 g/mol. The number of rotatable bonds is 2. The van der Waals surface area contributed by atoms with Gasteiger partial charge in [0.25, 0.3) is 0 Å². The summed E-state index contributed by atoms with van der Waals surface area (Å²) in [6.45, 7) is 0.459. The lowest BCUT2D eigenvalue weighted by molar-refractivity contribution is 0.181. The normalized spacial score (nSPS) is 9.80. The largest absolute Gasteiger partial charge is 0.378 e. The molecule has 3 heteroatoms. The first-order valence-corrected chi connectivity index (χ1v) is 3.22. The second-order valence-electron chi connectivity index (χ2n) is 1.80. The molecule has 0 fully saturated rings. The Labute approximate surface area is 64.8 Å². The minimum atomic E-state index is 0.459. The monoisotopic (exact) mass is 156 g/mol. The topological polar surface area (TPSA) is 22.1 Å². The van der Waals surface area contributed by atoms with Crippen LogP contribution in [0, 0.1) is 6.07 Å². The standard InChI is InChI=1S/C7H7ClNO/c1-10-5-7-4-6(8)2-3-9-7/h2-3H,5H2,1H3.